The Morgan fingerprint density at radius 2 is 2.21 bits per heavy atom. The molecule has 1 heterocycles. The summed E-state index contributed by atoms with van der Waals surface area (Å²) < 4.78 is 1.11. The maximum absolute atomic E-state index is 11.5. The van der Waals surface area contributed by atoms with Crippen LogP contribution in [-0.4, -0.2) is 35.0 Å². The van der Waals surface area contributed by atoms with Crippen LogP contribution in [-0.2, 0) is 16.0 Å². The average Bonchev–Trinajstić information content (AvgIpc) is 2.74. The number of hydrogen-bond acceptors (Lipinski definition) is 4. The van der Waals surface area contributed by atoms with Gasteiger partial charge in [0.05, 0.1) is 9.54 Å². The third-order valence-corrected chi connectivity index (χ3v) is 4.88. The van der Waals surface area contributed by atoms with Gasteiger partial charge in [0, 0.05) is 23.6 Å². The normalized spacial score (nSPS) is 10.4. The monoisotopic (exact) mass is 365 g/mol. The number of rotatable bonds is 9. The molecule has 0 aliphatic rings. The van der Waals surface area contributed by atoms with Crippen LogP contribution in [0.15, 0.2) is 15.9 Å². The highest BCUT2D eigenvalue weighted by atomic mass is 79.9. The summed E-state index contributed by atoms with van der Waals surface area (Å²) in [5.74, 6) is -0.0658. The van der Waals surface area contributed by atoms with Gasteiger partial charge in [0.2, 0.25) is 5.91 Å². The van der Waals surface area contributed by atoms with E-state index in [-0.39, 0.29) is 11.7 Å². The Morgan fingerprint density at radius 3 is 2.84 bits per heavy atom. The van der Waals surface area contributed by atoms with E-state index in [0.29, 0.717) is 18.7 Å². The van der Waals surface area contributed by atoms with Crippen molar-refractivity contribution in [3.05, 3.63) is 20.8 Å². The second kappa shape index (κ2) is 9.39. The van der Waals surface area contributed by atoms with E-state index in [1.807, 2.05) is 6.07 Å². The summed E-state index contributed by atoms with van der Waals surface area (Å²) in [7, 11) is 0. The molecule has 0 aliphatic heterocycles. The zero-order chi connectivity index (χ0) is 14.1. The second-order valence-electron chi connectivity index (χ2n) is 3.86. The zero-order valence-electron chi connectivity index (χ0n) is 10.4. The van der Waals surface area contributed by atoms with Crippen LogP contribution < -0.4 is 5.32 Å². The predicted octanol–water partition coefficient (Wildman–Crippen LogP) is 2.77. The van der Waals surface area contributed by atoms with Crippen molar-refractivity contribution >= 4 is 50.9 Å². The van der Waals surface area contributed by atoms with Crippen molar-refractivity contribution in [2.45, 2.75) is 19.3 Å². The van der Waals surface area contributed by atoms with Crippen LogP contribution in [0.2, 0.25) is 0 Å². The summed E-state index contributed by atoms with van der Waals surface area (Å²) in [5.41, 5.74) is 0. The summed E-state index contributed by atoms with van der Waals surface area (Å²) in [4.78, 5) is 23.0. The van der Waals surface area contributed by atoms with Crippen LogP contribution in [0.5, 0.6) is 0 Å². The number of aliphatic carboxylic acids is 1. The number of carboxylic acid groups (broad SMARTS) is 1. The van der Waals surface area contributed by atoms with Gasteiger partial charge in [0.25, 0.3) is 0 Å². The molecule has 0 bridgehead atoms. The molecule has 0 atom stereocenters. The van der Waals surface area contributed by atoms with Crippen molar-refractivity contribution < 1.29 is 14.7 Å². The second-order valence-corrected chi connectivity index (χ2v) is 7.51. The topological polar surface area (TPSA) is 66.4 Å². The first-order valence-corrected chi connectivity index (χ1v) is 8.65. The molecule has 4 nitrogen and oxygen atoms in total. The quantitative estimate of drug-likeness (QED) is 0.660. The van der Waals surface area contributed by atoms with Crippen molar-refractivity contribution in [2.24, 2.45) is 0 Å². The molecule has 1 aromatic rings. The fraction of sp³-hybridized carbons (Fsp3) is 0.500. The van der Waals surface area contributed by atoms with Crippen LogP contribution in [0.4, 0.5) is 0 Å². The first-order valence-electron chi connectivity index (χ1n) is 5.88. The number of aryl methyl sites for hydroxylation is 1. The fourth-order valence-electron chi connectivity index (χ4n) is 1.42. The molecule has 19 heavy (non-hydrogen) atoms. The number of hydrogen-bond donors (Lipinski definition) is 2. The van der Waals surface area contributed by atoms with E-state index >= 15 is 0 Å². The standard InChI is InChI=1S/C12H16BrNO3S2/c13-10-5-4-9(19-10)2-1-3-11(15)14-6-7-18-8-12(16)17/h4-5H,1-3,6-8H2,(H,14,15)(H,16,17). The first kappa shape index (κ1) is 16.5. The van der Waals surface area contributed by atoms with Crippen LogP contribution in [0.3, 0.4) is 0 Å². The third kappa shape index (κ3) is 8.28. The average molecular weight is 366 g/mol. The minimum absolute atomic E-state index is 0.0338. The lowest BCUT2D eigenvalue weighted by atomic mass is 10.2. The van der Waals surface area contributed by atoms with Crippen molar-refractivity contribution in [3.63, 3.8) is 0 Å². The van der Waals surface area contributed by atoms with Gasteiger partial charge in [-0.3, -0.25) is 9.59 Å². The van der Waals surface area contributed by atoms with E-state index in [4.69, 9.17) is 5.11 Å². The molecule has 0 saturated carbocycles. The molecule has 0 saturated heterocycles. The van der Waals surface area contributed by atoms with Crippen molar-refractivity contribution in [1.29, 1.82) is 0 Å². The van der Waals surface area contributed by atoms with Gasteiger partial charge in [-0.2, -0.15) is 0 Å². The third-order valence-electron chi connectivity index (χ3n) is 2.25. The number of nitrogens with one attached hydrogen (secondary N) is 1. The number of carbonyl (C=O) groups is 2. The summed E-state index contributed by atoms with van der Waals surface area (Å²) in [5, 5.41) is 11.2. The maximum Gasteiger partial charge on any atom is 0.313 e. The van der Waals surface area contributed by atoms with Crippen LogP contribution >= 0.6 is 39.0 Å². The lowest BCUT2D eigenvalue weighted by molar-refractivity contribution is -0.133. The molecule has 0 aromatic carbocycles. The maximum atomic E-state index is 11.5. The van der Waals surface area contributed by atoms with Crippen LogP contribution in [0.1, 0.15) is 17.7 Å². The molecule has 0 radical (unpaired) electrons. The van der Waals surface area contributed by atoms with Crippen LogP contribution in [0.25, 0.3) is 0 Å². The Hall–Kier alpha value is -0.530. The highest BCUT2D eigenvalue weighted by Crippen LogP contribution is 2.23. The van der Waals surface area contributed by atoms with E-state index in [1.165, 1.54) is 16.6 Å². The largest absolute Gasteiger partial charge is 0.481 e. The molecule has 1 amide bonds. The number of amides is 1. The van der Waals surface area contributed by atoms with Gasteiger partial charge in [-0.15, -0.1) is 23.1 Å². The van der Waals surface area contributed by atoms with E-state index in [2.05, 4.69) is 27.3 Å². The van der Waals surface area contributed by atoms with Crippen molar-refractivity contribution in [1.82, 2.24) is 5.32 Å². The predicted molar refractivity (Wildman–Crippen MR) is 82.9 cm³/mol. The Morgan fingerprint density at radius 1 is 1.42 bits per heavy atom. The summed E-state index contributed by atoms with van der Waals surface area (Å²) in [6.45, 7) is 0.529. The van der Waals surface area contributed by atoms with E-state index in [9.17, 15) is 9.59 Å². The molecule has 1 rings (SSSR count). The molecular weight excluding hydrogens is 350 g/mol. The van der Waals surface area contributed by atoms with Crippen LogP contribution in [0, 0.1) is 0 Å². The molecule has 7 heteroatoms. The Balaban J connectivity index is 2.00. The highest BCUT2D eigenvalue weighted by Gasteiger charge is 2.03. The van der Waals surface area contributed by atoms with Gasteiger partial charge in [-0.1, -0.05) is 0 Å². The lowest BCUT2D eigenvalue weighted by Crippen LogP contribution is -2.25. The number of thioether (sulfide) groups is 1. The first-order chi connectivity index (χ1) is 9.08. The Kier molecular flexibility index (Phi) is 8.16. The minimum Gasteiger partial charge on any atom is -0.481 e. The smallest absolute Gasteiger partial charge is 0.313 e. The zero-order valence-corrected chi connectivity index (χ0v) is 13.6. The highest BCUT2D eigenvalue weighted by molar-refractivity contribution is 9.11. The minimum atomic E-state index is -0.821. The van der Waals surface area contributed by atoms with Gasteiger partial charge in [-0.05, 0) is 40.9 Å². The molecule has 0 unspecified atom stereocenters. The van der Waals surface area contributed by atoms with Gasteiger partial charge in [0.15, 0.2) is 0 Å². The summed E-state index contributed by atoms with van der Waals surface area (Å²) in [6, 6.07) is 4.08. The van der Waals surface area contributed by atoms with E-state index in [0.717, 1.165) is 16.6 Å². The molecule has 2 N–H and O–H groups in total. The number of thiophene rings is 1. The summed E-state index contributed by atoms with van der Waals surface area (Å²) >= 11 is 6.41. The van der Waals surface area contributed by atoms with Gasteiger partial charge >= 0.3 is 5.97 Å². The summed E-state index contributed by atoms with van der Waals surface area (Å²) in [6.07, 6.45) is 2.26. The van der Waals surface area contributed by atoms with Gasteiger partial charge in [0.1, 0.15) is 0 Å². The van der Waals surface area contributed by atoms with E-state index in [1.54, 1.807) is 11.3 Å². The number of carbonyl (C=O) groups excluding carboxylic acids is 1. The molecule has 0 aliphatic carbocycles. The Bertz CT molecular complexity index is 423. The molecule has 0 fully saturated rings. The van der Waals surface area contributed by atoms with Crippen molar-refractivity contribution in [2.75, 3.05) is 18.1 Å². The van der Waals surface area contributed by atoms with E-state index < -0.39 is 5.97 Å². The number of carboxylic acids is 1. The molecule has 0 spiro atoms. The van der Waals surface area contributed by atoms with Gasteiger partial charge < -0.3 is 10.4 Å². The number of halogens is 1. The van der Waals surface area contributed by atoms with Gasteiger partial charge in [-0.25, -0.2) is 0 Å². The lowest BCUT2D eigenvalue weighted by Gasteiger charge is -2.04. The Labute approximate surface area is 129 Å². The molecule has 106 valence electrons. The molecule has 1 aromatic heterocycles. The van der Waals surface area contributed by atoms with Crippen molar-refractivity contribution in [3.8, 4) is 0 Å². The SMILES string of the molecule is O=C(O)CSCCNC(=O)CCCc1ccc(Br)s1. The molecular formula is C12H16BrNO3S2. The fourth-order valence-corrected chi connectivity index (χ4v) is 3.51.